The lowest BCUT2D eigenvalue weighted by atomic mass is 10.1. The van der Waals surface area contributed by atoms with Gasteiger partial charge in [0.2, 0.25) is 0 Å². The molecule has 2 aromatic heterocycles. The number of amides is 2. The number of imidazole rings is 1. The maximum Gasteiger partial charge on any atom is 0.318 e. The average molecular weight is 343 g/mol. The van der Waals surface area contributed by atoms with Crippen molar-refractivity contribution in [3.8, 4) is 5.75 Å². The van der Waals surface area contributed by atoms with Crippen LogP contribution in [0.15, 0.2) is 30.9 Å². The third-order valence-corrected chi connectivity index (χ3v) is 4.81. The minimum atomic E-state index is -0.151. The first kappa shape index (κ1) is 17.3. The summed E-state index contributed by atoms with van der Waals surface area (Å²) in [7, 11) is 1.61. The van der Waals surface area contributed by atoms with Gasteiger partial charge in [-0.1, -0.05) is 0 Å². The molecule has 0 radical (unpaired) electrons. The fourth-order valence-electron chi connectivity index (χ4n) is 3.38. The Labute approximate surface area is 148 Å². The molecule has 7 nitrogen and oxygen atoms in total. The number of methoxy groups -OCH3 is 1. The highest BCUT2D eigenvalue weighted by atomic mass is 16.5. The Hall–Kier alpha value is -2.57. The molecule has 3 heterocycles. The Morgan fingerprint density at radius 1 is 1.48 bits per heavy atom. The Kier molecular flexibility index (Phi) is 5.21. The number of likely N-dealkylation sites (tertiary alicyclic amines) is 1. The molecule has 0 aliphatic carbocycles. The van der Waals surface area contributed by atoms with Crippen LogP contribution in [0.3, 0.4) is 0 Å². The third-order valence-electron chi connectivity index (χ3n) is 4.81. The van der Waals surface area contributed by atoms with Crippen LogP contribution < -0.4 is 10.1 Å². The number of nitrogens with zero attached hydrogens (tertiary/aromatic N) is 4. The van der Waals surface area contributed by atoms with Crippen molar-refractivity contribution in [2.75, 3.05) is 13.7 Å². The van der Waals surface area contributed by atoms with Crippen LogP contribution >= 0.6 is 0 Å². The molecule has 2 unspecified atom stereocenters. The van der Waals surface area contributed by atoms with E-state index in [1.165, 1.54) is 0 Å². The summed E-state index contributed by atoms with van der Waals surface area (Å²) in [6, 6.07) is 1.88. The van der Waals surface area contributed by atoms with Crippen LogP contribution in [-0.4, -0.2) is 45.2 Å². The van der Waals surface area contributed by atoms with Crippen molar-refractivity contribution < 1.29 is 9.53 Å². The number of carbonyl (C=O) groups excluding carboxylic acids is 1. The predicted octanol–water partition coefficient (Wildman–Crippen LogP) is 2.53. The molecule has 3 rings (SSSR count). The molecule has 7 heteroatoms. The second-order valence-corrected chi connectivity index (χ2v) is 6.41. The normalized spacial score (nSPS) is 18.2. The monoisotopic (exact) mass is 343 g/mol. The number of carbonyl (C=O) groups is 1. The number of rotatable bonds is 5. The average Bonchev–Trinajstić information content (AvgIpc) is 3.24. The van der Waals surface area contributed by atoms with E-state index in [9.17, 15) is 4.79 Å². The lowest BCUT2D eigenvalue weighted by molar-refractivity contribution is 0.184. The van der Waals surface area contributed by atoms with E-state index < -0.39 is 0 Å². The van der Waals surface area contributed by atoms with Gasteiger partial charge in [-0.2, -0.15) is 0 Å². The van der Waals surface area contributed by atoms with Crippen LogP contribution in [0.1, 0.15) is 37.2 Å². The summed E-state index contributed by atoms with van der Waals surface area (Å²) in [6.45, 7) is 5.51. The number of hydrogen-bond acceptors (Lipinski definition) is 4. The quantitative estimate of drug-likeness (QED) is 0.905. The van der Waals surface area contributed by atoms with Gasteiger partial charge >= 0.3 is 6.03 Å². The molecule has 0 bridgehead atoms. The van der Waals surface area contributed by atoms with E-state index >= 15 is 0 Å². The van der Waals surface area contributed by atoms with E-state index in [0.717, 1.165) is 37.3 Å². The van der Waals surface area contributed by atoms with Crippen LogP contribution in [0, 0.1) is 6.92 Å². The van der Waals surface area contributed by atoms with Gasteiger partial charge in [0.1, 0.15) is 11.6 Å². The number of nitrogens with one attached hydrogen (secondary N) is 1. The number of pyridine rings is 1. The van der Waals surface area contributed by atoms with Gasteiger partial charge < -0.3 is 19.5 Å². The number of hydrogen-bond donors (Lipinski definition) is 1. The largest absolute Gasteiger partial charge is 0.495 e. The summed E-state index contributed by atoms with van der Waals surface area (Å²) in [5.41, 5.74) is 0.923. The molecule has 0 spiro atoms. The Morgan fingerprint density at radius 2 is 2.32 bits per heavy atom. The van der Waals surface area contributed by atoms with E-state index in [-0.39, 0.29) is 18.1 Å². The van der Waals surface area contributed by atoms with Gasteiger partial charge in [-0.3, -0.25) is 4.98 Å². The standard InChI is InChI=1S/C18H25N5O2/c1-13(16-6-7-19-11-17(16)25-3)21-18(24)23-9-4-5-15(23)12-22-10-8-20-14(22)2/h6-8,10-11,13,15H,4-5,9,12H2,1-3H3,(H,21,24). The van der Waals surface area contributed by atoms with Crippen molar-refractivity contribution in [1.29, 1.82) is 0 Å². The Bertz CT molecular complexity index is 730. The van der Waals surface area contributed by atoms with Crippen molar-refractivity contribution in [3.05, 3.63) is 42.2 Å². The summed E-state index contributed by atoms with van der Waals surface area (Å²) in [5.74, 6) is 1.66. The SMILES string of the molecule is COc1cnccc1C(C)NC(=O)N1CCCC1Cn1ccnc1C. The van der Waals surface area contributed by atoms with E-state index in [0.29, 0.717) is 5.75 Å². The van der Waals surface area contributed by atoms with Crippen LogP contribution in [0.4, 0.5) is 4.79 Å². The van der Waals surface area contributed by atoms with Gasteiger partial charge in [-0.05, 0) is 32.8 Å². The third kappa shape index (κ3) is 3.75. The van der Waals surface area contributed by atoms with Crippen LogP contribution in [0.5, 0.6) is 5.75 Å². The molecule has 134 valence electrons. The number of aryl methyl sites for hydroxylation is 1. The van der Waals surface area contributed by atoms with Crippen LogP contribution in [-0.2, 0) is 6.54 Å². The van der Waals surface area contributed by atoms with E-state index in [4.69, 9.17) is 4.74 Å². The molecule has 2 amide bonds. The molecule has 1 saturated heterocycles. The highest BCUT2D eigenvalue weighted by Crippen LogP contribution is 2.25. The molecule has 1 fully saturated rings. The maximum absolute atomic E-state index is 12.8. The first-order valence-corrected chi connectivity index (χ1v) is 8.63. The molecular formula is C18H25N5O2. The van der Waals surface area contributed by atoms with Crippen molar-refractivity contribution in [3.63, 3.8) is 0 Å². The van der Waals surface area contributed by atoms with Gasteiger partial charge in [0, 0.05) is 37.2 Å². The summed E-state index contributed by atoms with van der Waals surface area (Å²) in [5, 5.41) is 3.09. The second-order valence-electron chi connectivity index (χ2n) is 6.41. The summed E-state index contributed by atoms with van der Waals surface area (Å²) >= 11 is 0. The summed E-state index contributed by atoms with van der Waals surface area (Å²) in [4.78, 5) is 23.0. The zero-order chi connectivity index (χ0) is 17.8. The van der Waals surface area contributed by atoms with Gasteiger partial charge in [0.05, 0.1) is 25.4 Å². The molecule has 2 atom stereocenters. The van der Waals surface area contributed by atoms with E-state index in [1.807, 2.05) is 31.0 Å². The number of urea groups is 1. The number of aromatic nitrogens is 3. The van der Waals surface area contributed by atoms with Crippen LogP contribution in [0.25, 0.3) is 0 Å². The summed E-state index contributed by atoms with van der Waals surface area (Å²) in [6.07, 6.45) is 9.18. The highest BCUT2D eigenvalue weighted by Gasteiger charge is 2.30. The Balaban J connectivity index is 1.66. The minimum absolute atomic E-state index is 0.0355. The minimum Gasteiger partial charge on any atom is -0.495 e. The molecule has 2 aromatic rings. The molecule has 1 aliphatic heterocycles. The molecule has 0 aromatic carbocycles. The lowest BCUT2D eigenvalue weighted by Crippen LogP contribution is -2.45. The van der Waals surface area contributed by atoms with Gasteiger partial charge in [0.15, 0.2) is 0 Å². The molecular weight excluding hydrogens is 318 g/mol. The van der Waals surface area contributed by atoms with Crippen molar-refractivity contribution in [2.24, 2.45) is 0 Å². The van der Waals surface area contributed by atoms with Gasteiger partial charge in [-0.25, -0.2) is 9.78 Å². The zero-order valence-electron chi connectivity index (χ0n) is 15.0. The smallest absolute Gasteiger partial charge is 0.318 e. The molecule has 1 N–H and O–H groups in total. The van der Waals surface area contributed by atoms with E-state index in [2.05, 4.69) is 19.9 Å². The fraction of sp³-hybridized carbons (Fsp3) is 0.500. The highest BCUT2D eigenvalue weighted by molar-refractivity contribution is 5.75. The number of ether oxygens (including phenoxy) is 1. The first-order chi connectivity index (χ1) is 12.1. The maximum atomic E-state index is 12.8. The van der Waals surface area contributed by atoms with Crippen molar-refractivity contribution in [1.82, 2.24) is 24.8 Å². The second kappa shape index (κ2) is 7.55. The van der Waals surface area contributed by atoms with E-state index in [1.54, 1.807) is 25.7 Å². The first-order valence-electron chi connectivity index (χ1n) is 8.63. The zero-order valence-corrected chi connectivity index (χ0v) is 15.0. The van der Waals surface area contributed by atoms with Gasteiger partial charge in [0.25, 0.3) is 0 Å². The van der Waals surface area contributed by atoms with Crippen molar-refractivity contribution in [2.45, 2.75) is 45.3 Å². The molecule has 25 heavy (non-hydrogen) atoms. The Morgan fingerprint density at radius 3 is 3.04 bits per heavy atom. The predicted molar refractivity (Wildman–Crippen MR) is 94.4 cm³/mol. The molecule has 0 saturated carbocycles. The van der Waals surface area contributed by atoms with Crippen LogP contribution in [0.2, 0.25) is 0 Å². The van der Waals surface area contributed by atoms with Crippen molar-refractivity contribution >= 4 is 6.03 Å². The van der Waals surface area contributed by atoms with Gasteiger partial charge in [-0.15, -0.1) is 0 Å². The fourth-order valence-corrected chi connectivity index (χ4v) is 3.38. The topological polar surface area (TPSA) is 72.3 Å². The molecule has 1 aliphatic rings. The summed E-state index contributed by atoms with van der Waals surface area (Å²) < 4.78 is 7.44. The lowest BCUT2D eigenvalue weighted by Gasteiger charge is -2.27.